The van der Waals surface area contributed by atoms with Crippen molar-refractivity contribution in [2.45, 2.75) is 18.1 Å². The number of nitrogens with one attached hydrogen (secondary N) is 1. The smallest absolute Gasteiger partial charge is 0.262 e. The Kier molecular flexibility index (Phi) is 3.81. The number of nitrogens with zero attached hydrogens (tertiary/aromatic N) is 2. The Morgan fingerprint density at radius 3 is 3.06 bits per heavy atom. The molecule has 1 aliphatic rings. The number of hydrogen-bond acceptors (Lipinski definition) is 6. The average Bonchev–Trinajstić information content (AvgIpc) is 2.38. The van der Waals surface area contributed by atoms with Crippen molar-refractivity contribution in [2.24, 2.45) is 5.84 Å². The molecule has 2 rings (SSSR count). The summed E-state index contributed by atoms with van der Waals surface area (Å²) < 4.78 is 31.5. The highest BCUT2D eigenvalue weighted by Gasteiger charge is 2.31. The van der Waals surface area contributed by atoms with Crippen LogP contribution in [0.15, 0.2) is 23.4 Å². The molecule has 0 aliphatic carbocycles. The van der Waals surface area contributed by atoms with Gasteiger partial charge in [0.25, 0.3) is 10.0 Å². The summed E-state index contributed by atoms with van der Waals surface area (Å²) in [5.41, 5.74) is 2.64. The molecule has 0 radical (unpaired) electrons. The molecule has 1 saturated heterocycles. The third kappa shape index (κ3) is 2.46. The number of rotatable bonds is 3. The monoisotopic (exact) mass is 272 g/mol. The van der Waals surface area contributed by atoms with Gasteiger partial charge in [-0.3, -0.25) is 5.84 Å². The Balaban J connectivity index is 2.35. The minimum absolute atomic E-state index is 0.0541. The number of anilines is 1. The first-order chi connectivity index (χ1) is 8.55. The summed E-state index contributed by atoms with van der Waals surface area (Å²) in [6, 6.07) is 3.19. The Labute approximate surface area is 106 Å². The van der Waals surface area contributed by atoms with E-state index in [2.05, 4.69) is 10.4 Å². The predicted molar refractivity (Wildman–Crippen MR) is 66.2 cm³/mol. The number of nitrogens with two attached hydrogens (primary N) is 1. The van der Waals surface area contributed by atoms with E-state index in [-0.39, 0.29) is 16.8 Å². The SMILES string of the molecule is CC1CN(S(=O)(=O)c2ncccc2NN)CCO1. The molecular weight excluding hydrogens is 256 g/mol. The molecule has 2 heterocycles. The molecule has 0 spiro atoms. The molecule has 0 aromatic carbocycles. The Bertz CT molecular complexity index is 520. The van der Waals surface area contributed by atoms with Crippen molar-refractivity contribution in [3.63, 3.8) is 0 Å². The Morgan fingerprint density at radius 2 is 2.39 bits per heavy atom. The second kappa shape index (κ2) is 5.19. The lowest BCUT2D eigenvalue weighted by Gasteiger charge is -2.30. The van der Waals surface area contributed by atoms with Crippen LogP contribution in [0.2, 0.25) is 0 Å². The molecule has 0 bridgehead atoms. The van der Waals surface area contributed by atoms with Gasteiger partial charge >= 0.3 is 0 Å². The molecule has 100 valence electrons. The van der Waals surface area contributed by atoms with Gasteiger partial charge in [0, 0.05) is 19.3 Å². The number of nitrogen functional groups attached to an aromatic ring is 1. The fourth-order valence-corrected chi connectivity index (χ4v) is 3.40. The topological polar surface area (TPSA) is 97.6 Å². The van der Waals surface area contributed by atoms with E-state index in [4.69, 9.17) is 10.6 Å². The van der Waals surface area contributed by atoms with Crippen LogP contribution in [0.25, 0.3) is 0 Å². The van der Waals surface area contributed by atoms with Crippen molar-refractivity contribution in [3.8, 4) is 0 Å². The van der Waals surface area contributed by atoms with E-state index >= 15 is 0 Å². The second-order valence-electron chi connectivity index (χ2n) is 4.04. The average molecular weight is 272 g/mol. The van der Waals surface area contributed by atoms with Gasteiger partial charge in [0.15, 0.2) is 5.03 Å². The zero-order valence-electron chi connectivity index (χ0n) is 10.0. The molecule has 1 fully saturated rings. The molecular formula is C10H16N4O3S. The first-order valence-corrected chi connectivity index (χ1v) is 7.03. The van der Waals surface area contributed by atoms with Gasteiger partial charge in [0.05, 0.1) is 18.4 Å². The lowest BCUT2D eigenvalue weighted by atomic mass is 10.3. The number of hydrazine groups is 1. The number of aromatic nitrogens is 1. The summed E-state index contributed by atoms with van der Waals surface area (Å²) in [7, 11) is -3.64. The molecule has 1 aromatic rings. The fraction of sp³-hybridized carbons (Fsp3) is 0.500. The Morgan fingerprint density at radius 1 is 1.61 bits per heavy atom. The minimum atomic E-state index is -3.64. The highest BCUT2D eigenvalue weighted by molar-refractivity contribution is 7.89. The van der Waals surface area contributed by atoms with Crippen LogP contribution in [0.1, 0.15) is 6.92 Å². The lowest BCUT2D eigenvalue weighted by Crippen LogP contribution is -2.44. The first kappa shape index (κ1) is 13.2. The zero-order valence-corrected chi connectivity index (χ0v) is 10.9. The number of morpholine rings is 1. The van der Waals surface area contributed by atoms with Crippen molar-refractivity contribution in [1.29, 1.82) is 0 Å². The van der Waals surface area contributed by atoms with Gasteiger partial charge in [0.2, 0.25) is 0 Å². The van der Waals surface area contributed by atoms with E-state index in [1.807, 2.05) is 6.92 Å². The van der Waals surface area contributed by atoms with Crippen molar-refractivity contribution in [1.82, 2.24) is 9.29 Å². The number of pyridine rings is 1. The summed E-state index contributed by atoms with van der Waals surface area (Å²) in [6.07, 6.45) is 1.31. The van der Waals surface area contributed by atoms with Crippen molar-refractivity contribution < 1.29 is 13.2 Å². The van der Waals surface area contributed by atoms with Gasteiger partial charge in [0.1, 0.15) is 0 Å². The van der Waals surface area contributed by atoms with Crippen molar-refractivity contribution in [2.75, 3.05) is 25.1 Å². The maximum atomic E-state index is 12.4. The molecule has 1 unspecified atom stereocenters. The quantitative estimate of drug-likeness (QED) is 0.583. The highest BCUT2D eigenvalue weighted by atomic mass is 32.2. The third-order valence-corrected chi connectivity index (χ3v) is 4.54. The van der Waals surface area contributed by atoms with Gasteiger partial charge in [-0.1, -0.05) is 0 Å². The van der Waals surface area contributed by atoms with Gasteiger partial charge < -0.3 is 10.2 Å². The number of ether oxygens (including phenoxy) is 1. The van der Waals surface area contributed by atoms with Crippen molar-refractivity contribution in [3.05, 3.63) is 18.3 Å². The summed E-state index contributed by atoms with van der Waals surface area (Å²) in [4.78, 5) is 3.91. The van der Waals surface area contributed by atoms with Gasteiger partial charge in [-0.15, -0.1) is 0 Å². The highest BCUT2D eigenvalue weighted by Crippen LogP contribution is 2.22. The predicted octanol–water partition coefficient (Wildman–Crippen LogP) is -0.223. The van der Waals surface area contributed by atoms with Crippen LogP contribution in [0.3, 0.4) is 0 Å². The Hall–Kier alpha value is -1.22. The summed E-state index contributed by atoms with van der Waals surface area (Å²) in [5.74, 6) is 5.31. The van der Waals surface area contributed by atoms with E-state index in [1.165, 1.54) is 10.5 Å². The molecule has 0 saturated carbocycles. The third-order valence-electron chi connectivity index (χ3n) is 2.71. The zero-order chi connectivity index (χ0) is 13.2. The van der Waals surface area contributed by atoms with Crippen LogP contribution in [0.5, 0.6) is 0 Å². The number of sulfonamides is 1. The molecule has 18 heavy (non-hydrogen) atoms. The van der Waals surface area contributed by atoms with E-state index < -0.39 is 10.0 Å². The van der Waals surface area contributed by atoms with Crippen LogP contribution in [0, 0.1) is 0 Å². The van der Waals surface area contributed by atoms with E-state index in [1.54, 1.807) is 12.1 Å². The van der Waals surface area contributed by atoms with Crippen LogP contribution in [-0.4, -0.2) is 43.5 Å². The molecule has 1 atom stereocenters. The van der Waals surface area contributed by atoms with Gasteiger partial charge in [-0.05, 0) is 19.1 Å². The number of hydrogen-bond donors (Lipinski definition) is 2. The standard InChI is InChI=1S/C10H16N4O3S/c1-8-7-14(5-6-17-8)18(15,16)10-9(13-11)3-2-4-12-10/h2-4,8,13H,5-7,11H2,1H3. The fourth-order valence-electron chi connectivity index (χ4n) is 1.83. The van der Waals surface area contributed by atoms with Gasteiger partial charge in [-0.2, -0.15) is 4.31 Å². The maximum Gasteiger partial charge on any atom is 0.262 e. The summed E-state index contributed by atoms with van der Waals surface area (Å²) in [6.45, 7) is 2.87. The second-order valence-corrected chi connectivity index (χ2v) is 5.90. The lowest BCUT2D eigenvalue weighted by molar-refractivity contribution is 0.0101. The first-order valence-electron chi connectivity index (χ1n) is 5.59. The largest absolute Gasteiger partial charge is 0.376 e. The normalized spacial score (nSPS) is 21.8. The minimum Gasteiger partial charge on any atom is -0.376 e. The maximum absolute atomic E-state index is 12.4. The summed E-state index contributed by atoms with van der Waals surface area (Å²) >= 11 is 0. The molecule has 0 amide bonds. The van der Waals surface area contributed by atoms with Crippen LogP contribution in [0.4, 0.5) is 5.69 Å². The molecule has 7 nitrogen and oxygen atoms in total. The van der Waals surface area contributed by atoms with Gasteiger partial charge in [-0.25, -0.2) is 13.4 Å². The molecule has 8 heteroatoms. The van der Waals surface area contributed by atoms with E-state index in [0.717, 1.165) is 0 Å². The van der Waals surface area contributed by atoms with Crippen LogP contribution < -0.4 is 11.3 Å². The molecule has 3 N–H and O–H groups in total. The van der Waals surface area contributed by atoms with E-state index in [9.17, 15) is 8.42 Å². The van der Waals surface area contributed by atoms with E-state index in [0.29, 0.717) is 19.7 Å². The molecule has 1 aliphatic heterocycles. The van der Waals surface area contributed by atoms with Crippen LogP contribution >= 0.6 is 0 Å². The molecule has 1 aromatic heterocycles. The van der Waals surface area contributed by atoms with Crippen molar-refractivity contribution >= 4 is 15.7 Å². The van der Waals surface area contributed by atoms with Crippen LogP contribution in [-0.2, 0) is 14.8 Å². The summed E-state index contributed by atoms with van der Waals surface area (Å²) in [5, 5.41) is -0.0541.